The largest absolute Gasteiger partial charge is 0.480 e. The monoisotopic (exact) mass is 239 g/mol. The minimum atomic E-state index is -1.06. The number of aromatic nitrogens is 2. The number of nitrogens with one attached hydrogen (secondary N) is 1. The highest BCUT2D eigenvalue weighted by atomic mass is 16.5. The SMILES string of the molecule is CCOc1cncc(NC(C)(CC)C(=O)O)n1. The summed E-state index contributed by atoms with van der Waals surface area (Å²) in [6.07, 6.45) is 3.39. The number of nitrogens with zero attached hydrogens (tertiary/aromatic N) is 2. The molecular weight excluding hydrogens is 222 g/mol. The Morgan fingerprint density at radius 3 is 2.76 bits per heavy atom. The van der Waals surface area contributed by atoms with Crippen LogP contribution >= 0.6 is 0 Å². The second-order valence-electron chi connectivity index (χ2n) is 3.79. The summed E-state index contributed by atoms with van der Waals surface area (Å²) in [7, 11) is 0. The molecule has 0 amide bonds. The van der Waals surface area contributed by atoms with Gasteiger partial charge in [-0.25, -0.2) is 4.79 Å². The molecular formula is C11H17N3O3. The first kappa shape index (κ1) is 13.2. The highest BCUT2D eigenvalue weighted by Crippen LogP contribution is 2.18. The van der Waals surface area contributed by atoms with Gasteiger partial charge in [0.15, 0.2) is 0 Å². The fourth-order valence-corrected chi connectivity index (χ4v) is 1.20. The molecule has 0 aliphatic rings. The van der Waals surface area contributed by atoms with E-state index in [0.717, 1.165) is 0 Å². The minimum absolute atomic E-state index is 0.376. The van der Waals surface area contributed by atoms with E-state index in [4.69, 9.17) is 9.84 Å². The van der Waals surface area contributed by atoms with Crippen LogP contribution in [-0.4, -0.2) is 33.2 Å². The van der Waals surface area contributed by atoms with Gasteiger partial charge >= 0.3 is 5.97 Å². The van der Waals surface area contributed by atoms with Crippen molar-refractivity contribution in [3.8, 4) is 5.88 Å². The lowest BCUT2D eigenvalue weighted by atomic mass is 9.99. The number of aliphatic carboxylic acids is 1. The van der Waals surface area contributed by atoms with E-state index in [-0.39, 0.29) is 0 Å². The molecule has 1 rings (SSSR count). The first-order valence-corrected chi connectivity index (χ1v) is 5.48. The molecule has 0 saturated carbocycles. The fraction of sp³-hybridized carbons (Fsp3) is 0.545. The van der Waals surface area contributed by atoms with Crippen LogP contribution in [0.2, 0.25) is 0 Å². The Hall–Kier alpha value is -1.85. The Morgan fingerprint density at radius 1 is 1.53 bits per heavy atom. The van der Waals surface area contributed by atoms with Crippen LogP contribution < -0.4 is 10.1 Å². The van der Waals surface area contributed by atoms with Crippen LogP contribution in [0.4, 0.5) is 5.82 Å². The van der Waals surface area contributed by atoms with Crippen LogP contribution in [0.5, 0.6) is 5.88 Å². The molecule has 94 valence electrons. The molecule has 0 saturated heterocycles. The number of anilines is 1. The van der Waals surface area contributed by atoms with Crippen LogP contribution in [0, 0.1) is 0 Å². The van der Waals surface area contributed by atoms with E-state index < -0.39 is 11.5 Å². The van der Waals surface area contributed by atoms with Gasteiger partial charge in [0.1, 0.15) is 11.4 Å². The second-order valence-corrected chi connectivity index (χ2v) is 3.79. The van der Waals surface area contributed by atoms with Gasteiger partial charge < -0.3 is 15.2 Å². The van der Waals surface area contributed by atoms with Crippen molar-refractivity contribution in [2.75, 3.05) is 11.9 Å². The second kappa shape index (κ2) is 5.47. The van der Waals surface area contributed by atoms with Crippen LogP contribution in [0.3, 0.4) is 0 Å². The van der Waals surface area contributed by atoms with Gasteiger partial charge in [0.25, 0.3) is 0 Å². The Kier molecular flexibility index (Phi) is 4.25. The highest BCUT2D eigenvalue weighted by molar-refractivity contribution is 5.81. The molecule has 0 aliphatic carbocycles. The molecule has 0 spiro atoms. The summed E-state index contributed by atoms with van der Waals surface area (Å²) < 4.78 is 5.19. The summed E-state index contributed by atoms with van der Waals surface area (Å²) in [5, 5.41) is 12.0. The summed E-state index contributed by atoms with van der Waals surface area (Å²) in [4.78, 5) is 19.2. The molecule has 1 atom stereocenters. The third-order valence-electron chi connectivity index (χ3n) is 2.49. The molecule has 1 aromatic heterocycles. The van der Waals surface area contributed by atoms with Crippen LogP contribution in [0.15, 0.2) is 12.4 Å². The maximum atomic E-state index is 11.1. The van der Waals surface area contributed by atoms with Gasteiger partial charge in [-0.1, -0.05) is 6.92 Å². The van der Waals surface area contributed by atoms with Gasteiger partial charge in [0.2, 0.25) is 5.88 Å². The average Bonchev–Trinajstić information content (AvgIpc) is 2.29. The maximum absolute atomic E-state index is 11.1. The Bertz CT molecular complexity index is 397. The Labute approximate surface area is 100 Å². The topological polar surface area (TPSA) is 84.3 Å². The van der Waals surface area contributed by atoms with E-state index in [9.17, 15) is 4.79 Å². The van der Waals surface area contributed by atoms with Crippen molar-refractivity contribution in [2.45, 2.75) is 32.7 Å². The van der Waals surface area contributed by atoms with Crippen molar-refractivity contribution in [3.63, 3.8) is 0 Å². The average molecular weight is 239 g/mol. The van der Waals surface area contributed by atoms with Crippen molar-refractivity contribution in [2.24, 2.45) is 0 Å². The maximum Gasteiger partial charge on any atom is 0.329 e. The molecule has 2 N–H and O–H groups in total. The first-order chi connectivity index (χ1) is 8.01. The summed E-state index contributed by atoms with van der Waals surface area (Å²) in [5.74, 6) is -0.160. The fourth-order valence-electron chi connectivity index (χ4n) is 1.20. The van der Waals surface area contributed by atoms with Gasteiger partial charge in [0.05, 0.1) is 19.0 Å². The van der Waals surface area contributed by atoms with Gasteiger partial charge in [-0.2, -0.15) is 4.98 Å². The van der Waals surface area contributed by atoms with Gasteiger partial charge in [0, 0.05) is 0 Å². The predicted molar refractivity (Wildman–Crippen MR) is 63.2 cm³/mol. The number of carboxylic acids is 1. The van der Waals surface area contributed by atoms with E-state index in [0.29, 0.717) is 24.7 Å². The zero-order chi connectivity index (χ0) is 12.9. The third kappa shape index (κ3) is 3.30. The lowest BCUT2D eigenvalue weighted by molar-refractivity contribution is -0.141. The molecule has 6 heteroatoms. The Morgan fingerprint density at radius 2 is 2.24 bits per heavy atom. The van der Waals surface area contributed by atoms with Crippen LogP contribution in [0.25, 0.3) is 0 Å². The molecule has 1 aromatic rings. The number of carboxylic acid groups (broad SMARTS) is 1. The van der Waals surface area contributed by atoms with E-state index in [1.54, 1.807) is 13.8 Å². The molecule has 17 heavy (non-hydrogen) atoms. The number of hydrogen-bond acceptors (Lipinski definition) is 5. The van der Waals surface area contributed by atoms with Gasteiger partial charge in [-0.3, -0.25) is 4.98 Å². The van der Waals surface area contributed by atoms with E-state index in [1.165, 1.54) is 12.4 Å². The normalized spacial score (nSPS) is 13.8. The molecule has 0 fully saturated rings. The van der Waals surface area contributed by atoms with Crippen molar-refractivity contribution >= 4 is 11.8 Å². The lowest BCUT2D eigenvalue weighted by Crippen LogP contribution is -2.42. The summed E-state index contributed by atoms with van der Waals surface area (Å²) in [5.41, 5.74) is -1.06. The van der Waals surface area contributed by atoms with Gasteiger partial charge in [-0.15, -0.1) is 0 Å². The molecule has 0 bridgehead atoms. The highest BCUT2D eigenvalue weighted by Gasteiger charge is 2.31. The summed E-state index contributed by atoms with van der Waals surface area (Å²) in [6, 6.07) is 0. The van der Waals surface area contributed by atoms with Crippen molar-refractivity contribution in [1.29, 1.82) is 0 Å². The van der Waals surface area contributed by atoms with Crippen LogP contribution in [0.1, 0.15) is 27.2 Å². The molecule has 1 unspecified atom stereocenters. The summed E-state index contributed by atoms with van der Waals surface area (Å²) >= 11 is 0. The van der Waals surface area contributed by atoms with Gasteiger partial charge in [-0.05, 0) is 20.3 Å². The number of carbonyl (C=O) groups is 1. The molecule has 6 nitrogen and oxygen atoms in total. The van der Waals surface area contributed by atoms with E-state index in [1.807, 2.05) is 6.92 Å². The quantitative estimate of drug-likeness (QED) is 0.783. The smallest absolute Gasteiger partial charge is 0.329 e. The third-order valence-corrected chi connectivity index (χ3v) is 2.49. The molecule has 0 radical (unpaired) electrons. The minimum Gasteiger partial charge on any atom is -0.480 e. The first-order valence-electron chi connectivity index (χ1n) is 5.48. The zero-order valence-electron chi connectivity index (χ0n) is 10.2. The van der Waals surface area contributed by atoms with Crippen molar-refractivity contribution in [1.82, 2.24) is 9.97 Å². The zero-order valence-corrected chi connectivity index (χ0v) is 10.2. The van der Waals surface area contributed by atoms with Crippen molar-refractivity contribution < 1.29 is 14.6 Å². The standard InChI is InChI=1S/C11H17N3O3/c1-4-11(3,10(15)16)14-8-6-12-7-9(13-8)17-5-2/h6-7H,4-5H2,1-3H3,(H,13,14)(H,15,16). The van der Waals surface area contributed by atoms with E-state index >= 15 is 0 Å². The van der Waals surface area contributed by atoms with E-state index in [2.05, 4.69) is 15.3 Å². The number of rotatable bonds is 6. The summed E-state index contributed by atoms with van der Waals surface area (Å²) in [6.45, 7) is 5.72. The number of ether oxygens (including phenoxy) is 1. The Balaban J connectivity index is 2.86. The number of hydrogen-bond donors (Lipinski definition) is 2. The predicted octanol–water partition coefficient (Wildman–Crippen LogP) is 1.54. The molecule has 0 aliphatic heterocycles. The molecule has 1 heterocycles. The van der Waals surface area contributed by atoms with Crippen molar-refractivity contribution in [3.05, 3.63) is 12.4 Å². The van der Waals surface area contributed by atoms with Crippen LogP contribution in [-0.2, 0) is 4.79 Å². The lowest BCUT2D eigenvalue weighted by Gasteiger charge is -2.25. The molecule has 0 aromatic carbocycles.